The third-order valence-corrected chi connectivity index (χ3v) is 9.68. The van der Waals surface area contributed by atoms with Crippen molar-refractivity contribution in [2.24, 2.45) is 5.16 Å². The van der Waals surface area contributed by atoms with Gasteiger partial charge >= 0.3 is 0 Å². The number of aryl methyl sites for hydroxylation is 1. The molecule has 1 fully saturated rings. The number of nitrogens with two attached hydrogens (primary N) is 1. The molecule has 2 aromatic heterocycles. The second kappa shape index (κ2) is 10.00. The van der Waals surface area contributed by atoms with Gasteiger partial charge in [-0.1, -0.05) is 39.4 Å². The number of anilines is 1. The van der Waals surface area contributed by atoms with Crippen LogP contribution in [0.25, 0.3) is 0 Å². The monoisotopic (exact) mass is 568 g/mol. The third-order valence-electron chi connectivity index (χ3n) is 6.17. The van der Waals surface area contributed by atoms with Gasteiger partial charge in [-0.15, -0.1) is 11.8 Å². The van der Waals surface area contributed by atoms with Crippen molar-refractivity contribution in [2.45, 2.75) is 43.6 Å². The first kappa shape index (κ1) is 25.0. The van der Waals surface area contributed by atoms with E-state index >= 15 is 0 Å². The standard InChI is InChI=1S/C21H21ClN6O5S3/c1-33-26-13(12-16(22)36-21(23)25-12)17(29)24-14-18(30)28-15(20(31)32)9(7-34-19(14)28)6-27-8-35-11-5-3-2-4-10(11)27/h8,14,19H,2-7H2,1H3,(H3-,23,24,25,29,31,32)/b26-13-/t14-,19+/m1/s1. The number of rotatable bonds is 7. The van der Waals surface area contributed by atoms with Crippen molar-refractivity contribution in [1.29, 1.82) is 0 Å². The van der Waals surface area contributed by atoms with E-state index in [0.717, 1.165) is 37.0 Å². The minimum absolute atomic E-state index is 0.0344. The Labute approximate surface area is 223 Å². The van der Waals surface area contributed by atoms with Gasteiger partial charge in [-0.3, -0.25) is 14.5 Å². The zero-order chi connectivity index (χ0) is 25.6. The number of thiazole rings is 2. The van der Waals surface area contributed by atoms with Gasteiger partial charge in [0.25, 0.3) is 11.8 Å². The number of nitrogens with zero attached hydrogens (tertiary/aromatic N) is 4. The Morgan fingerprint density at radius 2 is 2.19 bits per heavy atom. The zero-order valence-electron chi connectivity index (χ0n) is 19.0. The fourth-order valence-electron chi connectivity index (χ4n) is 4.57. The van der Waals surface area contributed by atoms with Crippen LogP contribution in [0.5, 0.6) is 0 Å². The number of nitrogen functional groups attached to an aromatic ring is 1. The van der Waals surface area contributed by atoms with Gasteiger partial charge in [0, 0.05) is 17.7 Å². The first-order chi connectivity index (χ1) is 17.3. The summed E-state index contributed by atoms with van der Waals surface area (Å²) in [7, 11) is 1.26. The predicted octanol–water partition coefficient (Wildman–Crippen LogP) is 0.0611. The summed E-state index contributed by atoms with van der Waals surface area (Å²) in [6.07, 6.45) is 4.26. The molecule has 3 aliphatic rings. The molecule has 2 aliphatic heterocycles. The molecule has 2 aromatic rings. The van der Waals surface area contributed by atoms with Crippen LogP contribution in [0.3, 0.4) is 0 Å². The fraction of sp³-hybridized carbons (Fsp3) is 0.429. The van der Waals surface area contributed by atoms with E-state index in [-0.39, 0.29) is 26.6 Å². The molecule has 190 valence electrons. The van der Waals surface area contributed by atoms with Crippen LogP contribution in [0.4, 0.5) is 5.13 Å². The van der Waals surface area contributed by atoms with Crippen molar-refractivity contribution >= 4 is 74.7 Å². The largest absolute Gasteiger partial charge is 0.543 e. The highest BCUT2D eigenvalue weighted by Crippen LogP contribution is 2.40. The lowest BCUT2D eigenvalue weighted by atomic mass is 10.0. The Morgan fingerprint density at radius 3 is 2.89 bits per heavy atom. The number of hydrogen-bond acceptors (Lipinski definition) is 11. The van der Waals surface area contributed by atoms with E-state index in [4.69, 9.17) is 22.2 Å². The SMILES string of the molecule is CO/N=C(\C(=O)N[C@@H]1C(=O)N2C(C(=O)[O-])=C(C[n+]3csc4c3CCCC4)CS[C@@H]12)c1nc(N)sc1Cl. The van der Waals surface area contributed by atoms with E-state index < -0.39 is 29.2 Å². The molecule has 5 rings (SSSR count). The number of fused-ring (bicyclic) bond motifs is 2. The minimum Gasteiger partial charge on any atom is -0.543 e. The zero-order valence-corrected chi connectivity index (χ0v) is 22.2. The summed E-state index contributed by atoms with van der Waals surface area (Å²) >= 11 is 10.1. The molecular formula is C21H21ClN6O5S3. The third kappa shape index (κ3) is 4.35. The molecular weight excluding hydrogens is 548 g/mol. The number of aliphatic carboxylic acids is 1. The Bertz CT molecular complexity index is 1320. The average Bonchev–Trinajstić information content (AvgIpc) is 3.42. The van der Waals surface area contributed by atoms with E-state index in [1.54, 1.807) is 11.3 Å². The molecule has 15 heteroatoms. The molecule has 0 saturated carbocycles. The summed E-state index contributed by atoms with van der Waals surface area (Å²) in [6, 6.07) is -0.961. The Hall–Kier alpha value is -2.68. The van der Waals surface area contributed by atoms with Gasteiger partial charge in [-0.2, -0.15) is 4.57 Å². The number of thioether (sulfide) groups is 1. The highest BCUT2D eigenvalue weighted by atomic mass is 35.5. The van der Waals surface area contributed by atoms with E-state index in [9.17, 15) is 19.5 Å². The summed E-state index contributed by atoms with van der Waals surface area (Å²) in [5, 5.41) is 18.0. The number of hydrogen-bond donors (Lipinski definition) is 2. The number of carboxylic acid groups (broad SMARTS) is 1. The Morgan fingerprint density at radius 1 is 1.42 bits per heavy atom. The Kier molecular flexibility index (Phi) is 6.94. The first-order valence-corrected chi connectivity index (χ1v) is 14.1. The normalized spacial score (nSPS) is 21.6. The van der Waals surface area contributed by atoms with Crippen molar-refractivity contribution < 1.29 is 28.9 Å². The summed E-state index contributed by atoms with van der Waals surface area (Å²) in [5.41, 5.74) is 9.19. The van der Waals surface area contributed by atoms with E-state index in [1.165, 1.54) is 34.3 Å². The number of oxime groups is 1. The molecule has 1 aliphatic carbocycles. The molecule has 2 atom stereocenters. The lowest BCUT2D eigenvalue weighted by molar-refractivity contribution is -0.692. The maximum Gasteiger partial charge on any atom is 0.276 e. The van der Waals surface area contributed by atoms with Gasteiger partial charge in [0.15, 0.2) is 23.1 Å². The lowest BCUT2D eigenvalue weighted by Crippen LogP contribution is -2.71. The van der Waals surface area contributed by atoms with Gasteiger partial charge in [0.05, 0.1) is 16.5 Å². The van der Waals surface area contributed by atoms with E-state index in [0.29, 0.717) is 17.9 Å². The van der Waals surface area contributed by atoms with Gasteiger partial charge in [0.2, 0.25) is 5.51 Å². The molecule has 0 unspecified atom stereocenters. The molecule has 0 radical (unpaired) electrons. The van der Waals surface area contributed by atoms with Crippen LogP contribution in [-0.2, 0) is 38.6 Å². The average molecular weight is 569 g/mol. The van der Waals surface area contributed by atoms with Crippen LogP contribution >= 0.6 is 46.0 Å². The number of halogens is 1. The molecule has 0 spiro atoms. The van der Waals surface area contributed by atoms with Gasteiger partial charge < -0.3 is 25.8 Å². The van der Waals surface area contributed by atoms with Crippen molar-refractivity contribution in [3.05, 3.63) is 37.4 Å². The van der Waals surface area contributed by atoms with Crippen LogP contribution < -0.4 is 20.7 Å². The molecule has 3 N–H and O–H groups in total. The van der Waals surface area contributed by atoms with Crippen LogP contribution in [0.2, 0.25) is 4.34 Å². The smallest absolute Gasteiger partial charge is 0.276 e. The van der Waals surface area contributed by atoms with Crippen LogP contribution in [0.1, 0.15) is 29.1 Å². The Balaban J connectivity index is 1.36. The van der Waals surface area contributed by atoms with Gasteiger partial charge in [-0.25, -0.2) is 4.98 Å². The second-order valence-electron chi connectivity index (χ2n) is 8.33. The topological polar surface area (TPSA) is 154 Å². The van der Waals surface area contributed by atoms with E-state index in [1.807, 2.05) is 5.51 Å². The van der Waals surface area contributed by atoms with Crippen molar-refractivity contribution in [2.75, 3.05) is 18.6 Å². The number of carboxylic acids is 1. The lowest BCUT2D eigenvalue weighted by Gasteiger charge is -2.50. The summed E-state index contributed by atoms with van der Waals surface area (Å²) in [4.78, 5) is 49.4. The molecule has 0 aromatic carbocycles. The van der Waals surface area contributed by atoms with Crippen LogP contribution in [0, 0.1) is 0 Å². The molecule has 0 bridgehead atoms. The molecule has 4 heterocycles. The van der Waals surface area contributed by atoms with E-state index in [2.05, 4.69) is 20.0 Å². The minimum atomic E-state index is -1.41. The summed E-state index contributed by atoms with van der Waals surface area (Å²) in [5.74, 6) is -2.32. The first-order valence-electron chi connectivity index (χ1n) is 11.0. The molecule has 1 saturated heterocycles. The molecule has 11 nitrogen and oxygen atoms in total. The molecule has 2 amide bonds. The number of nitrogens with one attached hydrogen (secondary N) is 1. The molecule has 36 heavy (non-hydrogen) atoms. The van der Waals surface area contributed by atoms with Gasteiger partial charge in [0.1, 0.15) is 28.6 Å². The summed E-state index contributed by atoms with van der Waals surface area (Å²) in [6.45, 7) is 0.379. The summed E-state index contributed by atoms with van der Waals surface area (Å²) < 4.78 is 2.23. The van der Waals surface area contributed by atoms with Crippen molar-refractivity contribution in [3.8, 4) is 0 Å². The fourth-order valence-corrected chi connectivity index (χ4v) is 7.91. The predicted molar refractivity (Wildman–Crippen MR) is 133 cm³/mol. The number of aromatic nitrogens is 2. The van der Waals surface area contributed by atoms with Crippen molar-refractivity contribution in [3.63, 3.8) is 0 Å². The second-order valence-corrected chi connectivity index (χ2v) is 12.0. The van der Waals surface area contributed by atoms with Crippen LogP contribution in [-0.4, -0.2) is 57.7 Å². The van der Waals surface area contributed by atoms with Crippen LogP contribution in [0.15, 0.2) is 21.9 Å². The van der Waals surface area contributed by atoms with Crippen molar-refractivity contribution in [1.82, 2.24) is 15.2 Å². The maximum absolute atomic E-state index is 13.1. The number of carbonyl (C=O) groups is 3. The maximum atomic E-state index is 13.1. The number of β-lactam (4-membered cyclic amide) rings is 1. The highest BCUT2D eigenvalue weighted by molar-refractivity contribution is 8.00. The number of amides is 2. The number of carbonyl (C=O) groups excluding carboxylic acids is 3. The van der Waals surface area contributed by atoms with Gasteiger partial charge in [-0.05, 0) is 19.3 Å². The quantitative estimate of drug-likeness (QED) is 0.206. The highest BCUT2D eigenvalue weighted by Gasteiger charge is 2.53.